The van der Waals surface area contributed by atoms with Crippen LogP contribution in [0.1, 0.15) is 33.1 Å². The molecule has 15 heavy (non-hydrogen) atoms. The smallest absolute Gasteiger partial charge is 0.267 e. The number of allylic oxidation sites excluding steroid dienone is 2. The van der Waals surface area contributed by atoms with Crippen molar-refractivity contribution in [2.75, 3.05) is 6.54 Å². The molecule has 82 valence electrons. The van der Waals surface area contributed by atoms with Crippen molar-refractivity contribution in [1.82, 2.24) is 4.90 Å². The van der Waals surface area contributed by atoms with E-state index in [1.807, 2.05) is 29.3 Å². The fourth-order valence-corrected chi connectivity index (χ4v) is 1.36. The number of rotatable bonds is 2. The van der Waals surface area contributed by atoms with Crippen LogP contribution in [0, 0.1) is 0 Å². The Morgan fingerprint density at radius 3 is 2.60 bits per heavy atom. The van der Waals surface area contributed by atoms with Gasteiger partial charge < -0.3 is 4.90 Å². The zero-order valence-corrected chi connectivity index (χ0v) is 9.44. The Labute approximate surface area is 91.2 Å². The van der Waals surface area contributed by atoms with Gasteiger partial charge in [0.25, 0.3) is 5.91 Å². The highest BCUT2D eigenvalue weighted by molar-refractivity contribution is 6.08. The van der Waals surface area contributed by atoms with Crippen molar-refractivity contribution in [3.8, 4) is 0 Å². The molecule has 2 aliphatic rings. The van der Waals surface area contributed by atoms with Gasteiger partial charge in [0.15, 0.2) is 0 Å². The van der Waals surface area contributed by atoms with Gasteiger partial charge in [-0.3, -0.25) is 4.79 Å². The summed E-state index contributed by atoms with van der Waals surface area (Å²) in [5.41, 5.74) is 0. The molecule has 0 aromatic carbocycles. The van der Waals surface area contributed by atoms with E-state index in [1.165, 1.54) is 19.3 Å². The third-order valence-corrected chi connectivity index (χ3v) is 2.17. The summed E-state index contributed by atoms with van der Waals surface area (Å²) in [7, 11) is 0. The molecular weight excluding hydrogens is 188 g/mol. The first-order chi connectivity index (χ1) is 7.27. The fourth-order valence-electron chi connectivity index (χ4n) is 1.36. The molecule has 0 fully saturated rings. The molecule has 0 saturated carbocycles. The second-order valence-electron chi connectivity index (χ2n) is 3.55. The zero-order valence-electron chi connectivity index (χ0n) is 9.44. The number of amides is 1. The van der Waals surface area contributed by atoms with Crippen LogP contribution in [0.4, 0.5) is 0 Å². The highest BCUT2D eigenvalue weighted by Gasteiger charge is 2.19. The average Bonchev–Trinajstić information content (AvgIpc) is 2.60. The number of hydrogen-bond acceptors (Lipinski definition) is 2. The SMILES string of the molecule is CCCCC.O=C1CN2C=CC=CC2=N1. The van der Waals surface area contributed by atoms with Crippen LogP contribution in [0.15, 0.2) is 29.4 Å². The molecule has 0 atom stereocenters. The van der Waals surface area contributed by atoms with Gasteiger partial charge in [-0.1, -0.05) is 39.2 Å². The molecule has 0 spiro atoms. The highest BCUT2D eigenvalue weighted by atomic mass is 16.2. The van der Waals surface area contributed by atoms with E-state index in [4.69, 9.17) is 0 Å². The maximum Gasteiger partial charge on any atom is 0.267 e. The molecule has 0 radical (unpaired) electrons. The molecule has 2 rings (SSSR count). The lowest BCUT2D eigenvalue weighted by atomic mass is 10.3. The van der Waals surface area contributed by atoms with Crippen molar-refractivity contribution in [2.24, 2.45) is 4.99 Å². The monoisotopic (exact) mass is 206 g/mol. The van der Waals surface area contributed by atoms with Gasteiger partial charge >= 0.3 is 0 Å². The van der Waals surface area contributed by atoms with Crippen molar-refractivity contribution in [1.29, 1.82) is 0 Å². The van der Waals surface area contributed by atoms with Crippen LogP contribution in [0.25, 0.3) is 0 Å². The summed E-state index contributed by atoms with van der Waals surface area (Å²) in [6.45, 7) is 4.82. The predicted molar refractivity (Wildman–Crippen MR) is 62.6 cm³/mol. The maximum absolute atomic E-state index is 10.7. The minimum Gasteiger partial charge on any atom is -0.323 e. The van der Waals surface area contributed by atoms with E-state index in [-0.39, 0.29) is 5.91 Å². The summed E-state index contributed by atoms with van der Waals surface area (Å²) in [5, 5.41) is 0. The normalized spacial score (nSPS) is 17.1. The number of hydrogen-bond donors (Lipinski definition) is 0. The topological polar surface area (TPSA) is 32.7 Å². The van der Waals surface area contributed by atoms with Crippen LogP contribution in [-0.2, 0) is 4.79 Å². The van der Waals surface area contributed by atoms with Crippen molar-refractivity contribution in [3.05, 3.63) is 24.4 Å². The number of unbranched alkanes of at least 4 members (excludes halogenated alkanes) is 2. The Hall–Kier alpha value is -1.38. The molecule has 3 nitrogen and oxygen atoms in total. The first-order valence-corrected chi connectivity index (χ1v) is 5.51. The summed E-state index contributed by atoms with van der Waals surface area (Å²) in [6, 6.07) is 0. The van der Waals surface area contributed by atoms with E-state index >= 15 is 0 Å². The lowest BCUT2D eigenvalue weighted by Gasteiger charge is -2.12. The number of carbonyl (C=O) groups is 1. The van der Waals surface area contributed by atoms with Gasteiger partial charge in [0.2, 0.25) is 0 Å². The largest absolute Gasteiger partial charge is 0.323 e. The second-order valence-corrected chi connectivity index (χ2v) is 3.55. The lowest BCUT2D eigenvalue weighted by molar-refractivity contribution is -0.116. The minimum absolute atomic E-state index is 0.0637. The number of amidine groups is 1. The molecule has 0 N–H and O–H groups in total. The number of carbonyl (C=O) groups excluding carboxylic acids is 1. The van der Waals surface area contributed by atoms with Crippen LogP contribution in [0.2, 0.25) is 0 Å². The van der Waals surface area contributed by atoms with Crippen molar-refractivity contribution in [3.63, 3.8) is 0 Å². The van der Waals surface area contributed by atoms with Crippen LogP contribution >= 0.6 is 0 Å². The van der Waals surface area contributed by atoms with Gasteiger partial charge in [0.05, 0.1) is 0 Å². The molecule has 0 aromatic rings. The van der Waals surface area contributed by atoms with Crippen molar-refractivity contribution < 1.29 is 4.79 Å². The quantitative estimate of drug-likeness (QED) is 0.695. The number of fused-ring (bicyclic) bond motifs is 1. The lowest BCUT2D eigenvalue weighted by Crippen LogP contribution is -2.22. The molecule has 2 heterocycles. The molecule has 0 unspecified atom stereocenters. The summed E-state index contributed by atoms with van der Waals surface area (Å²) in [5.74, 6) is 0.693. The first kappa shape index (κ1) is 11.7. The molecule has 3 heteroatoms. The maximum atomic E-state index is 10.7. The van der Waals surface area contributed by atoms with E-state index in [0.717, 1.165) is 5.84 Å². The van der Waals surface area contributed by atoms with Crippen LogP contribution in [-0.4, -0.2) is 23.2 Å². The summed E-state index contributed by atoms with van der Waals surface area (Å²) >= 11 is 0. The van der Waals surface area contributed by atoms with Gasteiger partial charge in [-0.25, -0.2) is 0 Å². The summed E-state index contributed by atoms with van der Waals surface area (Å²) in [4.78, 5) is 16.3. The van der Waals surface area contributed by atoms with Gasteiger partial charge in [0.1, 0.15) is 12.4 Å². The second kappa shape index (κ2) is 6.17. The molecule has 2 aliphatic heterocycles. The summed E-state index contributed by atoms with van der Waals surface area (Å²) < 4.78 is 0. The molecule has 1 amide bonds. The third-order valence-electron chi connectivity index (χ3n) is 2.17. The summed E-state index contributed by atoms with van der Waals surface area (Å²) in [6.07, 6.45) is 11.5. The van der Waals surface area contributed by atoms with E-state index in [2.05, 4.69) is 18.8 Å². The third kappa shape index (κ3) is 3.70. The van der Waals surface area contributed by atoms with Gasteiger partial charge in [-0.05, 0) is 12.2 Å². The molecule has 0 aromatic heterocycles. The molecule has 0 aliphatic carbocycles. The van der Waals surface area contributed by atoms with Crippen molar-refractivity contribution >= 4 is 11.7 Å². The van der Waals surface area contributed by atoms with E-state index in [1.54, 1.807) is 0 Å². The van der Waals surface area contributed by atoms with Crippen molar-refractivity contribution in [2.45, 2.75) is 33.1 Å². The van der Waals surface area contributed by atoms with Crippen LogP contribution < -0.4 is 0 Å². The number of aliphatic imine (C=N–C) groups is 1. The minimum atomic E-state index is -0.0637. The molecule has 0 saturated heterocycles. The van der Waals surface area contributed by atoms with Gasteiger partial charge in [0, 0.05) is 6.20 Å². The number of nitrogens with zero attached hydrogens (tertiary/aromatic N) is 2. The Kier molecular flexibility index (Phi) is 4.81. The van der Waals surface area contributed by atoms with E-state index < -0.39 is 0 Å². The van der Waals surface area contributed by atoms with Gasteiger partial charge in [-0.2, -0.15) is 4.99 Å². The Morgan fingerprint density at radius 1 is 1.33 bits per heavy atom. The first-order valence-electron chi connectivity index (χ1n) is 5.51. The standard InChI is InChI=1S/C7H6N2O.C5H12/c10-7-5-9-4-2-1-3-6(9)8-7;1-3-5-4-2/h1-4H,5H2;3-5H2,1-2H3. The van der Waals surface area contributed by atoms with Crippen LogP contribution in [0.5, 0.6) is 0 Å². The molecular formula is C12H18N2O. The highest BCUT2D eigenvalue weighted by Crippen LogP contribution is 2.08. The zero-order chi connectivity index (χ0) is 11.1. The van der Waals surface area contributed by atoms with Crippen LogP contribution in [0.3, 0.4) is 0 Å². The van der Waals surface area contributed by atoms with Gasteiger partial charge in [-0.15, -0.1) is 0 Å². The Morgan fingerprint density at radius 2 is 2.07 bits per heavy atom. The average molecular weight is 206 g/mol. The molecule has 0 bridgehead atoms. The van der Waals surface area contributed by atoms with E-state index in [9.17, 15) is 4.79 Å². The predicted octanol–water partition coefficient (Wildman–Crippen LogP) is 2.51. The fraction of sp³-hybridized carbons (Fsp3) is 0.500. The van der Waals surface area contributed by atoms with E-state index in [0.29, 0.717) is 6.54 Å². The Bertz CT molecular complexity index is 301. The Balaban J connectivity index is 0.000000195.